The Morgan fingerprint density at radius 3 is 1.79 bits per heavy atom. The molecule has 4 atom stereocenters. The van der Waals surface area contributed by atoms with Crippen molar-refractivity contribution < 1.29 is 35.4 Å². The van der Waals surface area contributed by atoms with Crippen LogP contribution in [0.1, 0.15) is 0 Å². The molecule has 0 aromatic heterocycles. The van der Waals surface area contributed by atoms with Gasteiger partial charge in [-0.15, -0.1) is 0 Å². The number of rotatable bonds is 5. The first-order chi connectivity index (χ1) is 5.91. The van der Waals surface area contributed by atoms with Gasteiger partial charge in [0.05, 0.1) is 6.61 Å². The largest absolute Gasteiger partial charge is 0.479 e. The van der Waals surface area contributed by atoms with Crippen LogP contribution in [-0.2, 0) is 4.79 Å². The number of aliphatic carboxylic acids is 1. The second-order valence-electron chi connectivity index (χ2n) is 2.51. The first-order valence-electron chi connectivity index (χ1n) is 3.47. The molecular formula is C6H15NO7. The molecule has 0 amide bonds. The number of carboxylic acids is 1. The summed E-state index contributed by atoms with van der Waals surface area (Å²) < 4.78 is 0. The van der Waals surface area contributed by atoms with E-state index in [4.69, 9.17) is 30.6 Å². The summed E-state index contributed by atoms with van der Waals surface area (Å²) in [5.74, 6) is -1.73. The number of aliphatic hydroxyl groups is 5. The summed E-state index contributed by atoms with van der Waals surface area (Å²) in [5.41, 5.74) is 0. The second kappa shape index (κ2) is 6.65. The molecule has 0 aliphatic carbocycles. The van der Waals surface area contributed by atoms with Crippen molar-refractivity contribution in [1.29, 1.82) is 0 Å². The molecule has 0 aliphatic rings. The van der Waals surface area contributed by atoms with Crippen LogP contribution in [0.25, 0.3) is 0 Å². The Morgan fingerprint density at radius 2 is 1.50 bits per heavy atom. The lowest BCUT2D eigenvalue weighted by Gasteiger charge is -2.23. The molecule has 0 unspecified atom stereocenters. The Balaban J connectivity index is 0. The van der Waals surface area contributed by atoms with Crippen molar-refractivity contribution in [3.63, 3.8) is 0 Å². The third-order valence-corrected chi connectivity index (χ3v) is 1.51. The molecular weight excluding hydrogens is 198 g/mol. The minimum Gasteiger partial charge on any atom is -0.479 e. The predicted molar refractivity (Wildman–Crippen MR) is 43.8 cm³/mol. The van der Waals surface area contributed by atoms with Crippen LogP contribution in [0, 0.1) is 0 Å². The highest BCUT2D eigenvalue weighted by atomic mass is 16.4. The predicted octanol–water partition coefficient (Wildman–Crippen LogP) is -3.33. The molecule has 0 aliphatic heterocycles. The van der Waals surface area contributed by atoms with E-state index in [1.54, 1.807) is 0 Å². The van der Waals surface area contributed by atoms with Crippen molar-refractivity contribution in [2.45, 2.75) is 24.4 Å². The van der Waals surface area contributed by atoms with Gasteiger partial charge in [-0.2, -0.15) is 0 Å². The van der Waals surface area contributed by atoms with Crippen molar-refractivity contribution in [2.75, 3.05) is 6.61 Å². The first-order valence-corrected chi connectivity index (χ1v) is 3.47. The minimum atomic E-state index is -2.20. The van der Waals surface area contributed by atoms with Gasteiger partial charge in [0.25, 0.3) is 0 Å². The molecule has 0 spiro atoms. The average Bonchev–Trinajstić information content (AvgIpc) is 2.12. The minimum absolute atomic E-state index is 0. The fourth-order valence-corrected chi connectivity index (χ4v) is 0.668. The van der Waals surface area contributed by atoms with Gasteiger partial charge in [-0.3, -0.25) is 0 Å². The molecule has 86 valence electrons. The van der Waals surface area contributed by atoms with E-state index in [0.29, 0.717) is 0 Å². The van der Waals surface area contributed by atoms with Crippen LogP contribution in [0.15, 0.2) is 0 Å². The molecule has 8 heteroatoms. The van der Waals surface area contributed by atoms with Crippen LogP contribution in [0.2, 0.25) is 0 Å². The van der Waals surface area contributed by atoms with Crippen LogP contribution in [0.4, 0.5) is 0 Å². The van der Waals surface area contributed by atoms with Gasteiger partial charge < -0.3 is 36.8 Å². The first kappa shape index (κ1) is 15.7. The molecule has 0 fully saturated rings. The molecule has 14 heavy (non-hydrogen) atoms. The summed E-state index contributed by atoms with van der Waals surface area (Å²) in [6.45, 7) is -0.843. The number of hydrogen-bond acceptors (Lipinski definition) is 7. The molecule has 0 bridgehead atoms. The van der Waals surface area contributed by atoms with Gasteiger partial charge in [0.15, 0.2) is 6.10 Å². The van der Waals surface area contributed by atoms with Gasteiger partial charge in [0, 0.05) is 0 Å². The van der Waals surface area contributed by atoms with E-state index in [2.05, 4.69) is 0 Å². The van der Waals surface area contributed by atoms with Gasteiger partial charge in [-0.1, -0.05) is 0 Å². The molecule has 0 heterocycles. The van der Waals surface area contributed by atoms with E-state index in [9.17, 15) is 4.79 Å². The smallest absolute Gasteiger partial charge is 0.335 e. The lowest BCUT2D eigenvalue weighted by Crippen LogP contribution is -2.48. The van der Waals surface area contributed by atoms with E-state index in [-0.39, 0.29) is 6.15 Å². The quantitative estimate of drug-likeness (QED) is 0.248. The standard InChI is InChI=1S/C6H12O7.H3N/c7-1-2(8)3(9)4(10)5(11)6(12)13;/h2-5,7-11H,1H2,(H,12,13);1H3/t2-,3-,4+,5-;/m1./s1. The van der Waals surface area contributed by atoms with Gasteiger partial charge in [0.2, 0.25) is 0 Å². The van der Waals surface area contributed by atoms with Gasteiger partial charge >= 0.3 is 5.97 Å². The maximum Gasteiger partial charge on any atom is 0.335 e. The van der Waals surface area contributed by atoms with Crippen molar-refractivity contribution in [3.8, 4) is 0 Å². The highest BCUT2D eigenvalue weighted by Crippen LogP contribution is 2.04. The van der Waals surface area contributed by atoms with E-state index in [0.717, 1.165) is 0 Å². The third-order valence-electron chi connectivity index (χ3n) is 1.51. The molecule has 0 saturated heterocycles. The van der Waals surface area contributed by atoms with Gasteiger partial charge in [0.1, 0.15) is 18.3 Å². The normalized spacial score (nSPS) is 18.9. The molecule has 0 saturated carbocycles. The number of aliphatic hydroxyl groups excluding tert-OH is 5. The fraction of sp³-hybridized carbons (Fsp3) is 0.833. The fourth-order valence-electron chi connectivity index (χ4n) is 0.668. The van der Waals surface area contributed by atoms with Crippen LogP contribution in [-0.4, -0.2) is 67.6 Å². The lowest BCUT2D eigenvalue weighted by atomic mass is 10.0. The van der Waals surface area contributed by atoms with Crippen LogP contribution in [0.5, 0.6) is 0 Å². The summed E-state index contributed by atoms with van der Waals surface area (Å²) in [4.78, 5) is 10.1. The van der Waals surface area contributed by atoms with Crippen LogP contribution < -0.4 is 6.15 Å². The molecule has 0 radical (unpaired) electrons. The summed E-state index contributed by atoms with van der Waals surface area (Å²) in [6, 6.07) is 0. The van der Waals surface area contributed by atoms with Crippen molar-refractivity contribution >= 4 is 5.97 Å². The Kier molecular flexibility index (Phi) is 7.45. The number of hydrogen-bond donors (Lipinski definition) is 7. The highest BCUT2D eigenvalue weighted by molar-refractivity contribution is 5.72. The van der Waals surface area contributed by atoms with E-state index in [1.165, 1.54) is 0 Å². The zero-order valence-corrected chi connectivity index (χ0v) is 7.32. The molecule has 0 aromatic rings. The molecule has 9 N–H and O–H groups in total. The van der Waals surface area contributed by atoms with E-state index >= 15 is 0 Å². The van der Waals surface area contributed by atoms with E-state index < -0.39 is 37.0 Å². The summed E-state index contributed by atoms with van der Waals surface area (Å²) in [7, 11) is 0. The number of carbonyl (C=O) groups is 1. The van der Waals surface area contributed by atoms with E-state index in [1.807, 2.05) is 0 Å². The van der Waals surface area contributed by atoms with Crippen LogP contribution in [0.3, 0.4) is 0 Å². The maximum atomic E-state index is 10.1. The Bertz CT molecular complexity index is 176. The zero-order valence-electron chi connectivity index (χ0n) is 7.32. The lowest BCUT2D eigenvalue weighted by molar-refractivity contribution is -0.164. The SMILES string of the molecule is N.O=C(O)[C@H](O)[C@@H](O)[C@H](O)[C@H](O)CO. The topological polar surface area (TPSA) is 173 Å². The number of carboxylic acid groups (broad SMARTS) is 1. The van der Waals surface area contributed by atoms with Gasteiger partial charge in [-0.25, -0.2) is 4.79 Å². The summed E-state index contributed by atoms with van der Waals surface area (Å²) in [6.07, 6.45) is -7.84. The third kappa shape index (κ3) is 3.96. The molecule has 8 nitrogen and oxygen atoms in total. The molecule has 0 aromatic carbocycles. The van der Waals surface area contributed by atoms with Crippen molar-refractivity contribution in [2.24, 2.45) is 0 Å². The maximum absolute atomic E-state index is 10.1. The monoisotopic (exact) mass is 213 g/mol. The zero-order chi connectivity index (χ0) is 10.6. The molecule has 0 rings (SSSR count). The van der Waals surface area contributed by atoms with Crippen LogP contribution >= 0.6 is 0 Å². The summed E-state index contributed by atoms with van der Waals surface area (Å²) in [5, 5.41) is 51.8. The highest BCUT2D eigenvalue weighted by Gasteiger charge is 2.33. The second-order valence-corrected chi connectivity index (χ2v) is 2.51. The Labute approximate surface area is 79.6 Å². The van der Waals surface area contributed by atoms with Gasteiger partial charge in [-0.05, 0) is 0 Å². The van der Waals surface area contributed by atoms with Crippen molar-refractivity contribution in [1.82, 2.24) is 6.15 Å². The summed E-state index contributed by atoms with van der Waals surface area (Å²) >= 11 is 0. The van der Waals surface area contributed by atoms with Crippen molar-refractivity contribution in [3.05, 3.63) is 0 Å². The Morgan fingerprint density at radius 1 is 1.07 bits per heavy atom. The average molecular weight is 213 g/mol. The Hall–Kier alpha value is -0.770.